The summed E-state index contributed by atoms with van der Waals surface area (Å²) in [6, 6.07) is 127. The van der Waals surface area contributed by atoms with Crippen molar-refractivity contribution in [1.82, 2.24) is 13.7 Å². The lowest BCUT2D eigenvalue weighted by molar-refractivity contribution is 0.590. The van der Waals surface area contributed by atoms with E-state index in [0.29, 0.717) is 0 Å². The molecule has 5 nitrogen and oxygen atoms in total. The van der Waals surface area contributed by atoms with Crippen LogP contribution in [0.2, 0.25) is 0 Å². The summed E-state index contributed by atoms with van der Waals surface area (Å²) in [7, 11) is 0. The van der Waals surface area contributed by atoms with E-state index >= 15 is 0 Å². The highest BCUT2D eigenvalue weighted by atomic mass is 15.2. The van der Waals surface area contributed by atoms with Crippen LogP contribution in [0.1, 0.15) is 79.0 Å². The minimum atomic E-state index is -0.343. The highest BCUT2D eigenvalue weighted by molar-refractivity contribution is 7.00. The Balaban J connectivity index is 0.961. The molecule has 20 rings (SSSR count). The van der Waals surface area contributed by atoms with Crippen LogP contribution in [0.4, 0.5) is 34.1 Å². The number of anilines is 6. The van der Waals surface area contributed by atoms with E-state index in [-0.39, 0.29) is 23.0 Å². The highest BCUT2D eigenvalue weighted by Gasteiger charge is 2.47. The lowest BCUT2D eigenvalue weighted by atomic mass is 9.33. The second-order valence-electron chi connectivity index (χ2n) is 32.9. The van der Waals surface area contributed by atoms with E-state index in [9.17, 15) is 0 Å². The Hall–Kier alpha value is -12.6. The minimum absolute atomic E-state index is 0.196. The molecule has 0 aliphatic carbocycles. The molecule has 0 unspecified atom stereocenters. The van der Waals surface area contributed by atoms with Gasteiger partial charge in [-0.3, -0.25) is 0 Å². The van der Waals surface area contributed by atoms with Crippen LogP contribution in [0.15, 0.2) is 334 Å². The van der Waals surface area contributed by atoms with Gasteiger partial charge in [0, 0.05) is 94.4 Å². The van der Waals surface area contributed by atoms with Crippen molar-refractivity contribution in [2.24, 2.45) is 0 Å². The lowest BCUT2D eigenvalue weighted by Crippen LogP contribution is -2.61. The van der Waals surface area contributed by atoms with Crippen LogP contribution in [0, 0.1) is 0 Å². The monoisotopic (exact) mass is 1390 g/mol. The Labute approximate surface area is 632 Å². The minimum Gasteiger partial charge on any atom is -0.310 e. The summed E-state index contributed by atoms with van der Waals surface area (Å²) >= 11 is 0. The number of rotatable bonds is 9. The third-order valence-electron chi connectivity index (χ3n) is 23.2. The molecule has 0 saturated carbocycles. The Bertz CT molecular complexity index is 6490. The summed E-state index contributed by atoms with van der Waals surface area (Å²) < 4.78 is 7.52. The SMILES string of the molecule is CC(C)(C)c1cc(-c2ccccc2)c(N2c3cc(-n4c5ccccc5c5ccccc54)ccc3B3c4ccc(-n5c6ccccc6c6cc7c(cc65)c5ccccc5n7-c5ccccc5)cc4N(c4c(-c5ccccc5)cc(C(C)(C)C)cc4-c4ccccc4)c4cc(C(C)(C)C)cc2c43)c(-c2ccccc2)c1. The van der Waals surface area contributed by atoms with Gasteiger partial charge in [0.05, 0.1) is 44.5 Å². The maximum atomic E-state index is 2.74. The van der Waals surface area contributed by atoms with Gasteiger partial charge in [0.2, 0.25) is 0 Å². The zero-order valence-electron chi connectivity index (χ0n) is 62.6. The van der Waals surface area contributed by atoms with Crippen molar-refractivity contribution in [3.05, 3.63) is 350 Å². The van der Waals surface area contributed by atoms with Crippen LogP contribution >= 0.6 is 0 Å². The quantitative estimate of drug-likeness (QED) is 0.134. The molecule has 3 aromatic heterocycles. The van der Waals surface area contributed by atoms with Crippen LogP contribution in [0.3, 0.4) is 0 Å². The first-order chi connectivity index (χ1) is 52.5. The highest BCUT2D eigenvalue weighted by Crippen LogP contribution is 2.56. The maximum absolute atomic E-state index is 2.74. The first kappa shape index (κ1) is 64.9. The third-order valence-corrected chi connectivity index (χ3v) is 23.2. The predicted octanol–water partition coefficient (Wildman–Crippen LogP) is 25.6. The Morgan fingerprint density at radius 2 is 0.500 bits per heavy atom. The van der Waals surface area contributed by atoms with Crippen LogP contribution in [-0.2, 0) is 16.2 Å². The molecule has 5 heterocycles. The van der Waals surface area contributed by atoms with Crippen molar-refractivity contribution in [3.63, 3.8) is 0 Å². The number of hydrogen-bond donors (Lipinski definition) is 0. The number of para-hydroxylation sites is 5. The summed E-state index contributed by atoms with van der Waals surface area (Å²) in [6.45, 7) is 21.1. The van der Waals surface area contributed by atoms with Gasteiger partial charge in [-0.2, -0.15) is 0 Å². The number of nitrogens with zero attached hydrogens (tertiary/aromatic N) is 5. The summed E-state index contributed by atoms with van der Waals surface area (Å²) in [4.78, 5) is 5.48. The van der Waals surface area contributed by atoms with Gasteiger partial charge < -0.3 is 23.5 Å². The van der Waals surface area contributed by atoms with Crippen LogP contribution < -0.4 is 26.2 Å². The molecule has 2 aliphatic rings. The molecule has 0 saturated heterocycles. The van der Waals surface area contributed by atoms with Crippen molar-refractivity contribution in [2.45, 2.75) is 78.6 Å². The fourth-order valence-electron chi connectivity index (χ4n) is 17.9. The van der Waals surface area contributed by atoms with Crippen molar-refractivity contribution >= 4 is 123 Å². The lowest BCUT2D eigenvalue weighted by Gasteiger charge is -2.47. The van der Waals surface area contributed by atoms with Crippen molar-refractivity contribution in [2.75, 3.05) is 9.80 Å². The van der Waals surface area contributed by atoms with E-state index < -0.39 is 0 Å². The first-order valence-corrected chi connectivity index (χ1v) is 38.2. The average molecular weight is 1390 g/mol. The van der Waals surface area contributed by atoms with Crippen LogP contribution in [0.5, 0.6) is 0 Å². The van der Waals surface area contributed by atoms with Crippen molar-refractivity contribution < 1.29 is 0 Å². The fourth-order valence-corrected chi connectivity index (χ4v) is 17.9. The van der Waals surface area contributed by atoms with Crippen LogP contribution in [-0.4, -0.2) is 20.4 Å². The van der Waals surface area contributed by atoms with Gasteiger partial charge in [-0.15, -0.1) is 0 Å². The molecular formula is C102H82BN5. The zero-order chi connectivity index (χ0) is 73.1. The molecule has 18 aromatic rings. The number of hydrogen-bond acceptors (Lipinski definition) is 2. The molecule has 2 aliphatic heterocycles. The van der Waals surface area contributed by atoms with Gasteiger partial charge in [0.1, 0.15) is 0 Å². The number of benzene rings is 15. The largest absolute Gasteiger partial charge is 0.310 e. The molecule has 0 radical (unpaired) electrons. The third kappa shape index (κ3) is 10.2. The van der Waals surface area contributed by atoms with Gasteiger partial charge in [0.25, 0.3) is 6.71 Å². The smallest absolute Gasteiger partial charge is 0.252 e. The van der Waals surface area contributed by atoms with Crippen LogP contribution in [0.25, 0.3) is 127 Å². The van der Waals surface area contributed by atoms with Gasteiger partial charge in [0.15, 0.2) is 0 Å². The Morgan fingerprint density at radius 3 is 0.833 bits per heavy atom. The molecule has 108 heavy (non-hydrogen) atoms. The van der Waals surface area contributed by atoms with Gasteiger partial charge in [-0.05, 0) is 181 Å². The molecule has 6 heteroatoms. The summed E-state index contributed by atoms with van der Waals surface area (Å²) in [5, 5.41) is 7.29. The van der Waals surface area contributed by atoms with Crippen molar-refractivity contribution in [3.8, 4) is 61.6 Å². The molecular weight excluding hydrogens is 1310 g/mol. The van der Waals surface area contributed by atoms with Gasteiger partial charge in [-0.25, -0.2) is 0 Å². The van der Waals surface area contributed by atoms with E-state index in [2.05, 4.69) is 419 Å². The van der Waals surface area contributed by atoms with Gasteiger partial charge >= 0.3 is 0 Å². The normalized spacial score (nSPS) is 13.0. The van der Waals surface area contributed by atoms with E-state index in [1.165, 1.54) is 110 Å². The zero-order valence-corrected chi connectivity index (χ0v) is 62.6. The molecule has 0 amide bonds. The van der Waals surface area contributed by atoms with Gasteiger partial charge in [-0.1, -0.05) is 287 Å². The summed E-state index contributed by atoms with van der Waals surface area (Å²) in [6.07, 6.45) is 0. The second-order valence-corrected chi connectivity index (χ2v) is 32.9. The predicted molar refractivity (Wildman–Crippen MR) is 461 cm³/mol. The van der Waals surface area contributed by atoms with E-state index in [1.807, 2.05) is 0 Å². The molecule has 0 spiro atoms. The molecule has 518 valence electrons. The number of aromatic nitrogens is 3. The number of fused-ring (bicyclic) bond motifs is 13. The summed E-state index contributed by atoms with van der Waals surface area (Å²) in [5.74, 6) is 0. The molecule has 0 fully saturated rings. The standard InChI is InChI=1S/C102H82BN5/c1-100(2,3)69-55-79(65-33-15-10-16-34-65)98(80(56-69)66-35-17-11-18-36-66)107-93-61-73(105-87-47-29-25-43-75(87)76-44-26-30-48-88(76)105)51-53-85(93)103-86-54-52-74(106-90-50-32-28-46-78(90)84-63-91-83(64-92(84)106)77-45-27-31-49-89(77)104(91)72-41-23-14-24-42-72)62-94(86)108(96-60-71(102(7,8)9)59-95(107)97(96)103)99-81(67-37-19-12-20-38-67)57-70(101(4,5)6)58-82(99)68-39-21-13-22-40-68/h10-64H,1-9H3. The van der Waals surface area contributed by atoms with E-state index in [1.54, 1.807) is 0 Å². The maximum Gasteiger partial charge on any atom is 0.252 e. The van der Waals surface area contributed by atoms with E-state index in [4.69, 9.17) is 0 Å². The van der Waals surface area contributed by atoms with E-state index in [0.717, 1.165) is 84.5 Å². The topological polar surface area (TPSA) is 21.3 Å². The Morgan fingerprint density at radius 1 is 0.222 bits per heavy atom. The molecule has 15 aromatic carbocycles. The molecule has 0 N–H and O–H groups in total. The molecule has 0 atom stereocenters. The Kier molecular flexibility index (Phi) is 14.7. The first-order valence-electron chi connectivity index (χ1n) is 38.2. The fraction of sp³-hybridized carbons (Fsp3) is 0.118. The van der Waals surface area contributed by atoms with Crippen molar-refractivity contribution in [1.29, 1.82) is 0 Å². The molecule has 0 bridgehead atoms. The summed E-state index contributed by atoms with van der Waals surface area (Å²) in [5.41, 5.74) is 33.2. The average Bonchev–Trinajstić information content (AvgIpc) is 0.784. The second kappa shape index (κ2) is 24.5.